The summed E-state index contributed by atoms with van der Waals surface area (Å²) in [5, 5.41) is 0.931. The Morgan fingerprint density at radius 3 is 2.33 bits per heavy atom. The van der Waals surface area contributed by atoms with E-state index < -0.39 is 5.97 Å². The zero-order valence-electron chi connectivity index (χ0n) is 14.0. The molecule has 4 heteroatoms. The number of ether oxygens (including phenoxy) is 1. The SMILES string of the molecule is Cc1cc(C)c(C(=O)COC(=O)c2cc3ccccc3[nH]2)c(C)c1. The summed E-state index contributed by atoms with van der Waals surface area (Å²) < 4.78 is 5.19. The smallest absolute Gasteiger partial charge is 0.355 e. The number of para-hydroxylation sites is 1. The number of aromatic nitrogens is 1. The van der Waals surface area contributed by atoms with Gasteiger partial charge in [-0.25, -0.2) is 4.79 Å². The molecule has 1 N–H and O–H groups in total. The largest absolute Gasteiger partial charge is 0.453 e. The molecule has 0 aliphatic rings. The molecule has 0 radical (unpaired) electrons. The Kier molecular flexibility index (Phi) is 4.21. The highest BCUT2D eigenvalue weighted by atomic mass is 16.5. The van der Waals surface area contributed by atoms with Gasteiger partial charge in [0.2, 0.25) is 5.78 Å². The van der Waals surface area contributed by atoms with Crippen LogP contribution in [0.1, 0.15) is 37.5 Å². The van der Waals surface area contributed by atoms with Crippen LogP contribution in [-0.4, -0.2) is 23.3 Å². The van der Waals surface area contributed by atoms with Gasteiger partial charge in [-0.05, 0) is 44.0 Å². The maximum absolute atomic E-state index is 12.4. The molecule has 0 amide bonds. The van der Waals surface area contributed by atoms with Crippen LogP contribution in [0, 0.1) is 20.8 Å². The lowest BCUT2D eigenvalue weighted by Crippen LogP contribution is -2.16. The number of ketones is 1. The fourth-order valence-electron chi connectivity index (χ4n) is 3.08. The van der Waals surface area contributed by atoms with Gasteiger partial charge in [0, 0.05) is 16.5 Å². The van der Waals surface area contributed by atoms with E-state index in [2.05, 4.69) is 4.98 Å². The number of hydrogen-bond acceptors (Lipinski definition) is 3. The molecular formula is C20H19NO3. The predicted molar refractivity (Wildman–Crippen MR) is 93.6 cm³/mol. The van der Waals surface area contributed by atoms with Crippen molar-refractivity contribution in [3.05, 3.63) is 70.4 Å². The summed E-state index contributed by atoms with van der Waals surface area (Å²) in [5.74, 6) is -0.712. The first-order valence-corrected chi connectivity index (χ1v) is 7.81. The van der Waals surface area contributed by atoms with Gasteiger partial charge in [-0.15, -0.1) is 0 Å². The topological polar surface area (TPSA) is 59.2 Å². The van der Waals surface area contributed by atoms with Crippen LogP contribution in [0.25, 0.3) is 10.9 Å². The first kappa shape index (κ1) is 16.0. The van der Waals surface area contributed by atoms with E-state index in [1.165, 1.54) is 0 Å². The van der Waals surface area contributed by atoms with Crippen molar-refractivity contribution < 1.29 is 14.3 Å². The highest BCUT2D eigenvalue weighted by molar-refractivity contribution is 6.02. The predicted octanol–water partition coefficient (Wildman–Crippen LogP) is 4.13. The second-order valence-corrected chi connectivity index (χ2v) is 6.04. The highest BCUT2D eigenvalue weighted by Crippen LogP contribution is 2.18. The van der Waals surface area contributed by atoms with Crippen molar-refractivity contribution in [2.75, 3.05) is 6.61 Å². The molecule has 0 aliphatic carbocycles. The van der Waals surface area contributed by atoms with Crippen molar-refractivity contribution in [1.82, 2.24) is 4.98 Å². The first-order valence-electron chi connectivity index (χ1n) is 7.81. The number of Topliss-reactive ketones (excluding diaryl/α,β-unsaturated/α-hetero) is 1. The molecule has 122 valence electrons. The molecule has 2 aromatic carbocycles. The van der Waals surface area contributed by atoms with Gasteiger partial charge in [0.25, 0.3) is 0 Å². The summed E-state index contributed by atoms with van der Waals surface area (Å²) in [7, 11) is 0. The molecule has 0 spiro atoms. The monoisotopic (exact) mass is 321 g/mol. The van der Waals surface area contributed by atoms with Crippen LogP contribution in [0.3, 0.4) is 0 Å². The second-order valence-electron chi connectivity index (χ2n) is 6.04. The Hall–Kier alpha value is -2.88. The lowest BCUT2D eigenvalue weighted by molar-refractivity contribution is 0.0469. The number of carbonyl (C=O) groups is 2. The zero-order chi connectivity index (χ0) is 17.3. The molecule has 3 rings (SSSR count). The first-order chi connectivity index (χ1) is 11.5. The third-order valence-electron chi connectivity index (χ3n) is 4.04. The van der Waals surface area contributed by atoms with Gasteiger partial charge in [0.05, 0.1) is 0 Å². The van der Waals surface area contributed by atoms with Gasteiger partial charge < -0.3 is 9.72 Å². The number of aromatic amines is 1. The number of fused-ring (bicyclic) bond motifs is 1. The lowest BCUT2D eigenvalue weighted by Gasteiger charge is -2.10. The van der Waals surface area contributed by atoms with Crippen molar-refractivity contribution in [2.24, 2.45) is 0 Å². The van der Waals surface area contributed by atoms with Crippen LogP contribution in [0.4, 0.5) is 0 Å². The van der Waals surface area contributed by atoms with Crippen molar-refractivity contribution in [3.8, 4) is 0 Å². The minimum absolute atomic E-state index is 0.186. The summed E-state index contributed by atoms with van der Waals surface area (Å²) in [6.07, 6.45) is 0. The number of rotatable bonds is 4. The van der Waals surface area contributed by atoms with Gasteiger partial charge in [-0.1, -0.05) is 35.9 Å². The van der Waals surface area contributed by atoms with Crippen LogP contribution in [0.15, 0.2) is 42.5 Å². The molecule has 0 saturated heterocycles. The number of aryl methyl sites for hydroxylation is 3. The fourth-order valence-corrected chi connectivity index (χ4v) is 3.08. The second kappa shape index (κ2) is 6.32. The number of H-pyrrole nitrogens is 1. The van der Waals surface area contributed by atoms with E-state index >= 15 is 0 Å². The number of esters is 1. The van der Waals surface area contributed by atoms with Crippen LogP contribution in [0.5, 0.6) is 0 Å². The Balaban J connectivity index is 1.73. The molecule has 1 aromatic heterocycles. The number of carbonyl (C=O) groups excluding carboxylic acids is 2. The Labute approximate surface area is 140 Å². The fraction of sp³-hybridized carbons (Fsp3) is 0.200. The van der Waals surface area contributed by atoms with Crippen LogP contribution in [-0.2, 0) is 4.74 Å². The van der Waals surface area contributed by atoms with Gasteiger partial charge in [0.15, 0.2) is 6.61 Å². The minimum Gasteiger partial charge on any atom is -0.453 e. The van der Waals surface area contributed by atoms with Gasteiger partial charge in [0.1, 0.15) is 5.69 Å². The van der Waals surface area contributed by atoms with Crippen molar-refractivity contribution in [2.45, 2.75) is 20.8 Å². The molecule has 0 saturated carbocycles. The minimum atomic E-state index is -0.526. The van der Waals surface area contributed by atoms with E-state index in [4.69, 9.17) is 4.74 Å². The molecule has 3 aromatic rings. The van der Waals surface area contributed by atoms with E-state index in [1.807, 2.05) is 57.2 Å². The summed E-state index contributed by atoms with van der Waals surface area (Å²) in [6.45, 7) is 5.52. The van der Waals surface area contributed by atoms with Gasteiger partial charge >= 0.3 is 5.97 Å². The number of nitrogens with one attached hydrogen (secondary N) is 1. The maximum Gasteiger partial charge on any atom is 0.355 e. The van der Waals surface area contributed by atoms with Crippen LogP contribution < -0.4 is 0 Å². The van der Waals surface area contributed by atoms with Crippen molar-refractivity contribution >= 4 is 22.7 Å². The third kappa shape index (κ3) is 3.08. The summed E-state index contributed by atoms with van der Waals surface area (Å²) in [4.78, 5) is 27.6. The van der Waals surface area contributed by atoms with Gasteiger partial charge in [-0.2, -0.15) is 0 Å². The van der Waals surface area contributed by atoms with E-state index in [1.54, 1.807) is 6.07 Å². The maximum atomic E-state index is 12.4. The van der Waals surface area contributed by atoms with E-state index in [0.29, 0.717) is 11.3 Å². The number of hydrogen-bond donors (Lipinski definition) is 1. The molecule has 0 fully saturated rings. The lowest BCUT2D eigenvalue weighted by atomic mass is 9.97. The van der Waals surface area contributed by atoms with Crippen molar-refractivity contribution in [3.63, 3.8) is 0 Å². The van der Waals surface area contributed by atoms with Gasteiger partial charge in [-0.3, -0.25) is 4.79 Å². The van der Waals surface area contributed by atoms with Crippen molar-refractivity contribution in [1.29, 1.82) is 0 Å². The summed E-state index contributed by atoms with van der Waals surface area (Å²) >= 11 is 0. The Morgan fingerprint density at radius 2 is 1.67 bits per heavy atom. The standard InChI is InChI=1S/C20H19NO3/c1-12-8-13(2)19(14(3)9-12)18(22)11-24-20(23)17-10-15-6-4-5-7-16(15)21-17/h4-10,21H,11H2,1-3H3. The molecule has 4 nitrogen and oxygen atoms in total. The normalized spacial score (nSPS) is 10.8. The molecule has 0 aliphatic heterocycles. The molecular weight excluding hydrogens is 302 g/mol. The quantitative estimate of drug-likeness (QED) is 0.580. The molecule has 0 bridgehead atoms. The molecule has 24 heavy (non-hydrogen) atoms. The Morgan fingerprint density at radius 1 is 1.00 bits per heavy atom. The zero-order valence-corrected chi connectivity index (χ0v) is 14.0. The summed E-state index contributed by atoms with van der Waals surface area (Å²) in [6, 6.07) is 13.2. The van der Waals surface area contributed by atoms with Crippen LogP contribution in [0.2, 0.25) is 0 Å². The highest BCUT2D eigenvalue weighted by Gasteiger charge is 2.17. The molecule has 1 heterocycles. The van der Waals surface area contributed by atoms with E-state index in [9.17, 15) is 9.59 Å². The average molecular weight is 321 g/mol. The van der Waals surface area contributed by atoms with E-state index in [-0.39, 0.29) is 12.4 Å². The molecule has 0 unspecified atom stereocenters. The third-order valence-corrected chi connectivity index (χ3v) is 4.04. The number of benzene rings is 2. The Bertz CT molecular complexity index is 881. The van der Waals surface area contributed by atoms with Crippen LogP contribution >= 0.6 is 0 Å². The van der Waals surface area contributed by atoms with E-state index in [0.717, 1.165) is 27.6 Å². The molecule has 0 atom stereocenters. The average Bonchev–Trinajstić information content (AvgIpc) is 2.95. The summed E-state index contributed by atoms with van der Waals surface area (Å²) in [5.41, 5.74) is 4.75.